The van der Waals surface area contributed by atoms with Crippen LogP contribution in [-0.4, -0.2) is 29.8 Å². The number of hydrogen-bond acceptors (Lipinski definition) is 4. The Morgan fingerprint density at radius 2 is 2.33 bits per heavy atom. The van der Waals surface area contributed by atoms with Crippen molar-refractivity contribution in [2.75, 3.05) is 18.9 Å². The zero-order chi connectivity index (χ0) is 13.2. The maximum atomic E-state index is 12.1. The van der Waals surface area contributed by atoms with Crippen molar-refractivity contribution >= 4 is 11.6 Å². The van der Waals surface area contributed by atoms with Crippen LogP contribution in [0.1, 0.15) is 30.1 Å². The third-order valence-corrected chi connectivity index (χ3v) is 3.13. The Labute approximate surface area is 106 Å². The van der Waals surface area contributed by atoms with Crippen LogP contribution in [0.3, 0.4) is 0 Å². The fourth-order valence-electron chi connectivity index (χ4n) is 2.11. The number of amides is 1. The predicted molar refractivity (Wildman–Crippen MR) is 68.4 cm³/mol. The summed E-state index contributed by atoms with van der Waals surface area (Å²) in [6.45, 7) is 3.18. The number of nitrogens with one attached hydrogen (secondary N) is 1. The highest BCUT2D eigenvalue weighted by Gasteiger charge is 2.30. The standard InChI is InChI=1S/C13H18N2O3/c1-13(5-2-6-18-8-13)15-12(17)10-7-9(16)3-4-11(10)14/h3-4,7,16H,2,5-6,8,14H2,1H3,(H,15,17). The second-order valence-corrected chi connectivity index (χ2v) is 4.94. The monoisotopic (exact) mass is 250 g/mol. The van der Waals surface area contributed by atoms with Crippen LogP contribution in [0.25, 0.3) is 0 Å². The van der Waals surface area contributed by atoms with E-state index in [1.807, 2.05) is 6.92 Å². The maximum Gasteiger partial charge on any atom is 0.254 e. The molecular formula is C13H18N2O3. The van der Waals surface area contributed by atoms with Crippen LogP contribution >= 0.6 is 0 Å². The maximum absolute atomic E-state index is 12.1. The van der Waals surface area contributed by atoms with Gasteiger partial charge in [-0.15, -0.1) is 0 Å². The van der Waals surface area contributed by atoms with E-state index in [2.05, 4.69) is 5.32 Å². The number of benzene rings is 1. The Balaban J connectivity index is 2.14. The summed E-state index contributed by atoms with van der Waals surface area (Å²) >= 11 is 0. The van der Waals surface area contributed by atoms with E-state index in [1.54, 1.807) is 0 Å². The van der Waals surface area contributed by atoms with Gasteiger partial charge < -0.3 is 20.9 Å². The van der Waals surface area contributed by atoms with E-state index >= 15 is 0 Å². The number of carbonyl (C=O) groups excluding carboxylic acids is 1. The van der Waals surface area contributed by atoms with E-state index in [0.29, 0.717) is 17.9 Å². The molecule has 5 heteroatoms. The van der Waals surface area contributed by atoms with Gasteiger partial charge in [0.15, 0.2) is 0 Å². The lowest BCUT2D eigenvalue weighted by atomic mass is 9.94. The molecule has 0 radical (unpaired) electrons. The molecule has 1 unspecified atom stereocenters. The zero-order valence-electron chi connectivity index (χ0n) is 10.4. The largest absolute Gasteiger partial charge is 0.508 e. The van der Waals surface area contributed by atoms with Gasteiger partial charge in [-0.1, -0.05) is 0 Å². The van der Waals surface area contributed by atoms with Crippen molar-refractivity contribution in [1.82, 2.24) is 5.32 Å². The summed E-state index contributed by atoms with van der Waals surface area (Å²) in [5, 5.41) is 12.3. The summed E-state index contributed by atoms with van der Waals surface area (Å²) < 4.78 is 5.38. The number of ether oxygens (including phenoxy) is 1. The lowest BCUT2D eigenvalue weighted by molar-refractivity contribution is 0.0273. The highest BCUT2D eigenvalue weighted by atomic mass is 16.5. The van der Waals surface area contributed by atoms with E-state index in [0.717, 1.165) is 19.4 Å². The fraction of sp³-hybridized carbons (Fsp3) is 0.462. The molecule has 1 heterocycles. The number of phenolic OH excluding ortho intramolecular Hbond substituents is 1. The molecule has 1 fully saturated rings. The summed E-state index contributed by atoms with van der Waals surface area (Å²) in [6, 6.07) is 4.35. The molecule has 0 aliphatic carbocycles. The number of hydrogen-bond donors (Lipinski definition) is 3. The molecule has 18 heavy (non-hydrogen) atoms. The molecule has 1 aromatic carbocycles. The summed E-state index contributed by atoms with van der Waals surface area (Å²) in [6.07, 6.45) is 1.80. The van der Waals surface area contributed by atoms with Gasteiger partial charge in [0.25, 0.3) is 5.91 Å². The van der Waals surface area contributed by atoms with E-state index in [1.165, 1.54) is 18.2 Å². The molecule has 98 valence electrons. The number of phenols is 1. The van der Waals surface area contributed by atoms with Gasteiger partial charge in [-0.2, -0.15) is 0 Å². The molecule has 1 aliphatic heterocycles. The third-order valence-electron chi connectivity index (χ3n) is 3.13. The van der Waals surface area contributed by atoms with Gasteiger partial charge in [0.2, 0.25) is 0 Å². The van der Waals surface area contributed by atoms with Crippen LogP contribution in [0.15, 0.2) is 18.2 Å². The second-order valence-electron chi connectivity index (χ2n) is 4.94. The van der Waals surface area contributed by atoms with Crippen LogP contribution in [0.4, 0.5) is 5.69 Å². The quantitative estimate of drug-likeness (QED) is 0.545. The smallest absolute Gasteiger partial charge is 0.254 e. The number of nitrogens with two attached hydrogens (primary N) is 1. The molecule has 1 saturated heterocycles. The number of carbonyl (C=O) groups is 1. The van der Waals surface area contributed by atoms with Crippen LogP contribution < -0.4 is 11.1 Å². The third kappa shape index (κ3) is 2.73. The van der Waals surface area contributed by atoms with Crippen LogP contribution in [0.2, 0.25) is 0 Å². The topological polar surface area (TPSA) is 84.6 Å². The number of anilines is 1. The molecular weight excluding hydrogens is 232 g/mol. The van der Waals surface area contributed by atoms with Gasteiger partial charge in [0, 0.05) is 12.3 Å². The normalized spacial score (nSPS) is 23.6. The van der Waals surface area contributed by atoms with E-state index in [-0.39, 0.29) is 17.2 Å². The Morgan fingerprint density at radius 1 is 1.56 bits per heavy atom. The molecule has 0 bridgehead atoms. The average Bonchev–Trinajstić information content (AvgIpc) is 2.32. The molecule has 1 aliphatic rings. The minimum Gasteiger partial charge on any atom is -0.508 e. The molecule has 0 saturated carbocycles. The lowest BCUT2D eigenvalue weighted by Crippen LogP contribution is -2.51. The van der Waals surface area contributed by atoms with Gasteiger partial charge in [-0.05, 0) is 38.0 Å². The molecule has 2 rings (SSSR count). The van der Waals surface area contributed by atoms with Gasteiger partial charge >= 0.3 is 0 Å². The van der Waals surface area contributed by atoms with Gasteiger partial charge in [0.1, 0.15) is 5.75 Å². The van der Waals surface area contributed by atoms with Crippen molar-refractivity contribution in [3.8, 4) is 5.75 Å². The summed E-state index contributed by atoms with van der Waals surface area (Å²) in [4.78, 5) is 12.1. The number of rotatable bonds is 2. The van der Waals surface area contributed by atoms with Gasteiger partial charge in [-0.3, -0.25) is 4.79 Å². The molecule has 1 amide bonds. The van der Waals surface area contributed by atoms with Gasteiger partial charge in [-0.25, -0.2) is 0 Å². The average molecular weight is 250 g/mol. The van der Waals surface area contributed by atoms with Crippen LogP contribution in [0, 0.1) is 0 Å². The highest BCUT2D eigenvalue weighted by molar-refractivity contribution is 5.99. The summed E-state index contributed by atoms with van der Waals surface area (Å²) in [7, 11) is 0. The minimum atomic E-state index is -0.368. The molecule has 5 nitrogen and oxygen atoms in total. The first-order valence-electron chi connectivity index (χ1n) is 5.99. The molecule has 1 aromatic rings. The Morgan fingerprint density at radius 3 is 3.00 bits per heavy atom. The van der Waals surface area contributed by atoms with Crippen molar-refractivity contribution in [3.63, 3.8) is 0 Å². The van der Waals surface area contributed by atoms with Crippen LogP contribution in [-0.2, 0) is 4.74 Å². The Bertz CT molecular complexity index is 454. The summed E-state index contributed by atoms with van der Waals surface area (Å²) in [5.74, 6) is -0.254. The van der Waals surface area contributed by atoms with Crippen molar-refractivity contribution in [2.24, 2.45) is 0 Å². The minimum absolute atomic E-state index is 0.0272. The number of nitrogen functional groups attached to an aromatic ring is 1. The second kappa shape index (κ2) is 4.86. The van der Waals surface area contributed by atoms with E-state index < -0.39 is 0 Å². The zero-order valence-corrected chi connectivity index (χ0v) is 10.4. The summed E-state index contributed by atoms with van der Waals surface area (Å²) in [5.41, 5.74) is 6.01. The Kier molecular flexibility index (Phi) is 3.43. The lowest BCUT2D eigenvalue weighted by Gasteiger charge is -2.34. The van der Waals surface area contributed by atoms with Crippen molar-refractivity contribution in [2.45, 2.75) is 25.3 Å². The molecule has 4 N–H and O–H groups in total. The molecule has 0 spiro atoms. The van der Waals surface area contributed by atoms with Crippen molar-refractivity contribution < 1.29 is 14.6 Å². The highest BCUT2D eigenvalue weighted by Crippen LogP contribution is 2.22. The number of aromatic hydroxyl groups is 1. The fourth-order valence-corrected chi connectivity index (χ4v) is 2.11. The first kappa shape index (κ1) is 12.7. The Hall–Kier alpha value is -1.75. The van der Waals surface area contributed by atoms with Crippen molar-refractivity contribution in [1.29, 1.82) is 0 Å². The van der Waals surface area contributed by atoms with E-state index in [9.17, 15) is 9.90 Å². The van der Waals surface area contributed by atoms with Gasteiger partial charge in [0.05, 0.1) is 17.7 Å². The van der Waals surface area contributed by atoms with Crippen LogP contribution in [0.5, 0.6) is 5.75 Å². The van der Waals surface area contributed by atoms with Crippen molar-refractivity contribution in [3.05, 3.63) is 23.8 Å². The van der Waals surface area contributed by atoms with E-state index in [4.69, 9.17) is 10.5 Å². The molecule has 1 atom stereocenters. The predicted octanol–water partition coefficient (Wildman–Crippen LogP) is 1.27. The SMILES string of the molecule is CC1(NC(=O)c2cc(O)ccc2N)CCCOC1. The first-order valence-corrected chi connectivity index (χ1v) is 5.99. The molecule has 0 aromatic heterocycles. The first-order chi connectivity index (χ1) is 8.50.